The molecule has 0 aliphatic heterocycles. The molecule has 0 saturated heterocycles. The largest absolute Gasteiger partial charge is 0.481 e. The van der Waals surface area contributed by atoms with E-state index in [1.54, 1.807) is 0 Å². The number of carboxylic acids is 1. The number of carbonyl (C=O) groups is 1. The Morgan fingerprint density at radius 2 is 2.07 bits per heavy atom. The maximum absolute atomic E-state index is 10.4. The number of carboxylic acid groups (broad SMARTS) is 1. The number of hydrogen-bond acceptors (Lipinski definition) is 2. The minimum absolute atomic E-state index is 0.0934. The molecule has 0 bridgehead atoms. The summed E-state index contributed by atoms with van der Waals surface area (Å²) >= 11 is 0. The van der Waals surface area contributed by atoms with Crippen LogP contribution < -0.4 is 0 Å². The Hall–Kier alpha value is -1.04. The van der Waals surface area contributed by atoms with E-state index in [4.69, 9.17) is 10.4 Å². The Balaban J connectivity index is 3.93. The van der Waals surface area contributed by atoms with Crippen molar-refractivity contribution in [1.29, 1.82) is 5.26 Å². The van der Waals surface area contributed by atoms with Crippen molar-refractivity contribution in [3.05, 3.63) is 0 Å². The van der Waals surface area contributed by atoms with E-state index in [0.29, 0.717) is 6.42 Å². The smallest absolute Gasteiger partial charge is 0.303 e. The summed E-state index contributed by atoms with van der Waals surface area (Å²) in [5.74, 6) is -0.818. The molecule has 1 unspecified atom stereocenters. The third-order valence-electron chi connectivity index (χ3n) is 2.49. The SMILES string of the molecule is CCCCCC(C)(C#N)CCC(=O)O. The Kier molecular flexibility index (Phi) is 5.94. The van der Waals surface area contributed by atoms with Gasteiger partial charge in [-0.15, -0.1) is 0 Å². The van der Waals surface area contributed by atoms with Gasteiger partial charge in [0, 0.05) is 6.42 Å². The van der Waals surface area contributed by atoms with Crippen molar-refractivity contribution in [2.24, 2.45) is 5.41 Å². The lowest BCUT2D eigenvalue weighted by Crippen LogP contribution is -2.15. The second kappa shape index (κ2) is 6.42. The van der Waals surface area contributed by atoms with Gasteiger partial charge in [0.15, 0.2) is 0 Å². The molecule has 0 aliphatic rings. The predicted molar refractivity (Wildman–Crippen MR) is 54.7 cm³/mol. The zero-order valence-electron chi connectivity index (χ0n) is 9.05. The molecule has 80 valence electrons. The first-order valence-corrected chi connectivity index (χ1v) is 5.17. The van der Waals surface area contributed by atoms with Gasteiger partial charge in [-0.25, -0.2) is 0 Å². The molecule has 0 aliphatic carbocycles. The highest BCUT2D eigenvalue weighted by Gasteiger charge is 2.23. The number of nitrogens with zero attached hydrogens (tertiary/aromatic N) is 1. The summed E-state index contributed by atoms with van der Waals surface area (Å²) in [4.78, 5) is 10.4. The fourth-order valence-corrected chi connectivity index (χ4v) is 1.38. The second-order valence-electron chi connectivity index (χ2n) is 4.02. The average Bonchev–Trinajstić information content (AvgIpc) is 2.15. The molecule has 14 heavy (non-hydrogen) atoms. The Morgan fingerprint density at radius 3 is 2.50 bits per heavy atom. The lowest BCUT2D eigenvalue weighted by atomic mass is 9.82. The highest BCUT2D eigenvalue weighted by Crippen LogP contribution is 2.29. The molecule has 0 rings (SSSR count). The van der Waals surface area contributed by atoms with Gasteiger partial charge < -0.3 is 5.11 Å². The van der Waals surface area contributed by atoms with Gasteiger partial charge in [-0.3, -0.25) is 4.79 Å². The fraction of sp³-hybridized carbons (Fsp3) is 0.818. The molecule has 0 aromatic carbocycles. The van der Waals surface area contributed by atoms with Gasteiger partial charge in [0.05, 0.1) is 11.5 Å². The summed E-state index contributed by atoms with van der Waals surface area (Å²) < 4.78 is 0. The van der Waals surface area contributed by atoms with Crippen molar-refractivity contribution in [3.63, 3.8) is 0 Å². The monoisotopic (exact) mass is 197 g/mol. The lowest BCUT2D eigenvalue weighted by Gasteiger charge is -2.19. The summed E-state index contributed by atoms with van der Waals surface area (Å²) in [5.41, 5.74) is -0.451. The van der Waals surface area contributed by atoms with Crippen LogP contribution in [0.25, 0.3) is 0 Å². The quantitative estimate of drug-likeness (QED) is 0.638. The molecule has 1 atom stereocenters. The standard InChI is InChI=1S/C11H19NO2/c1-3-4-5-7-11(2,9-12)8-6-10(13)14/h3-8H2,1-2H3,(H,13,14). The van der Waals surface area contributed by atoms with Crippen molar-refractivity contribution in [2.45, 2.75) is 52.4 Å². The van der Waals surface area contributed by atoms with Crippen LogP contribution in [0.3, 0.4) is 0 Å². The third-order valence-corrected chi connectivity index (χ3v) is 2.49. The molecule has 3 nitrogen and oxygen atoms in total. The first-order valence-electron chi connectivity index (χ1n) is 5.17. The topological polar surface area (TPSA) is 61.1 Å². The van der Waals surface area contributed by atoms with E-state index in [0.717, 1.165) is 25.7 Å². The number of nitriles is 1. The number of hydrogen-bond donors (Lipinski definition) is 1. The zero-order chi connectivity index (χ0) is 11.0. The zero-order valence-corrected chi connectivity index (χ0v) is 9.05. The molecular formula is C11H19NO2. The van der Waals surface area contributed by atoms with Crippen molar-refractivity contribution in [3.8, 4) is 6.07 Å². The first-order chi connectivity index (χ1) is 6.54. The maximum atomic E-state index is 10.4. The van der Waals surface area contributed by atoms with Crippen LogP contribution in [0.15, 0.2) is 0 Å². The van der Waals surface area contributed by atoms with Gasteiger partial charge in [0.2, 0.25) is 0 Å². The molecule has 0 amide bonds. The highest BCUT2D eigenvalue weighted by molar-refractivity contribution is 5.66. The minimum Gasteiger partial charge on any atom is -0.481 e. The van der Waals surface area contributed by atoms with Crippen LogP contribution in [0, 0.1) is 16.7 Å². The van der Waals surface area contributed by atoms with Gasteiger partial charge in [-0.05, 0) is 19.8 Å². The molecule has 3 heteroatoms. The van der Waals surface area contributed by atoms with Crippen molar-refractivity contribution >= 4 is 5.97 Å². The van der Waals surface area contributed by atoms with Crippen LogP contribution in [-0.4, -0.2) is 11.1 Å². The third kappa shape index (κ3) is 5.58. The summed E-state index contributed by atoms with van der Waals surface area (Å²) in [6.45, 7) is 3.96. The van der Waals surface area contributed by atoms with Gasteiger partial charge in [0.1, 0.15) is 0 Å². The number of aliphatic carboxylic acids is 1. The average molecular weight is 197 g/mol. The summed E-state index contributed by atoms with van der Waals surface area (Å²) in [7, 11) is 0. The van der Waals surface area contributed by atoms with E-state index in [1.165, 1.54) is 0 Å². The Morgan fingerprint density at radius 1 is 1.43 bits per heavy atom. The minimum atomic E-state index is -0.818. The van der Waals surface area contributed by atoms with Gasteiger partial charge >= 0.3 is 5.97 Å². The van der Waals surface area contributed by atoms with Gasteiger partial charge in [0.25, 0.3) is 0 Å². The molecule has 0 saturated carbocycles. The molecule has 0 radical (unpaired) electrons. The van der Waals surface area contributed by atoms with E-state index >= 15 is 0 Å². The highest BCUT2D eigenvalue weighted by atomic mass is 16.4. The number of rotatable bonds is 7. The molecule has 0 spiro atoms. The summed E-state index contributed by atoms with van der Waals surface area (Å²) in [5, 5.41) is 17.5. The summed E-state index contributed by atoms with van der Waals surface area (Å²) in [6.07, 6.45) is 4.62. The van der Waals surface area contributed by atoms with E-state index in [9.17, 15) is 4.79 Å². The van der Waals surface area contributed by atoms with Crippen molar-refractivity contribution in [2.75, 3.05) is 0 Å². The van der Waals surface area contributed by atoms with Crippen LogP contribution in [0.2, 0.25) is 0 Å². The molecule has 1 N–H and O–H groups in total. The molecule has 0 aromatic rings. The predicted octanol–water partition coefficient (Wildman–Crippen LogP) is 2.96. The van der Waals surface area contributed by atoms with Crippen LogP contribution in [0.4, 0.5) is 0 Å². The van der Waals surface area contributed by atoms with E-state index in [2.05, 4.69) is 13.0 Å². The fourth-order valence-electron chi connectivity index (χ4n) is 1.38. The van der Waals surface area contributed by atoms with Crippen molar-refractivity contribution in [1.82, 2.24) is 0 Å². The maximum Gasteiger partial charge on any atom is 0.303 e. The van der Waals surface area contributed by atoms with Crippen LogP contribution in [-0.2, 0) is 4.79 Å². The summed E-state index contributed by atoms with van der Waals surface area (Å²) in [6, 6.07) is 2.23. The van der Waals surface area contributed by atoms with Crippen LogP contribution in [0.1, 0.15) is 52.4 Å². The van der Waals surface area contributed by atoms with Gasteiger partial charge in [-0.2, -0.15) is 5.26 Å². The molecule has 0 heterocycles. The lowest BCUT2D eigenvalue weighted by molar-refractivity contribution is -0.137. The van der Waals surface area contributed by atoms with Gasteiger partial charge in [-0.1, -0.05) is 26.2 Å². The molecule has 0 fully saturated rings. The van der Waals surface area contributed by atoms with Crippen molar-refractivity contribution < 1.29 is 9.90 Å². The van der Waals surface area contributed by atoms with E-state index < -0.39 is 11.4 Å². The number of unbranched alkanes of at least 4 members (excludes halogenated alkanes) is 2. The first kappa shape index (κ1) is 13.0. The van der Waals surface area contributed by atoms with E-state index in [-0.39, 0.29) is 6.42 Å². The Labute approximate surface area is 85.7 Å². The second-order valence-corrected chi connectivity index (χ2v) is 4.02. The Bertz CT molecular complexity index is 220. The van der Waals surface area contributed by atoms with Crippen LogP contribution in [0.5, 0.6) is 0 Å². The van der Waals surface area contributed by atoms with E-state index in [1.807, 2.05) is 6.92 Å². The molecular weight excluding hydrogens is 178 g/mol. The molecule has 0 aromatic heterocycles. The normalized spacial score (nSPS) is 14.4. The van der Waals surface area contributed by atoms with Crippen LogP contribution >= 0.6 is 0 Å².